The molecular weight excluding hydrogens is 216 g/mol. The van der Waals surface area contributed by atoms with Crippen molar-refractivity contribution in [2.75, 3.05) is 20.0 Å². The topological polar surface area (TPSA) is 27.7 Å². The summed E-state index contributed by atoms with van der Waals surface area (Å²) < 4.78 is 17.3. The molecule has 0 saturated heterocycles. The summed E-state index contributed by atoms with van der Waals surface area (Å²) in [5.41, 5.74) is 0.148. The van der Waals surface area contributed by atoms with E-state index in [9.17, 15) is 0 Å². The summed E-state index contributed by atoms with van der Waals surface area (Å²) in [6, 6.07) is 0. The zero-order valence-electron chi connectivity index (χ0n) is 11.3. The van der Waals surface area contributed by atoms with Gasteiger partial charge < -0.3 is 14.2 Å². The molecule has 0 unspecified atom stereocenters. The zero-order valence-corrected chi connectivity index (χ0v) is 11.3. The van der Waals surface area contributed by atoms with Gasteiger partial charge in [-0.3, -0.25) is 0 Å². The van der Waals surface area contributed by atoms with Crippen molar-refractivity contribution in [2.45, 2.75) is 70.0 Å². The molecule has 3 nitrogen and oxygen atoms in total. The van der Waals surface area contributed by atoms with Crippen LogP contribution in [0.5, 0.6) is 0 Å². The van der Waals surface area contributed by atoms with Crippen LogP contribution in [-0.4, -0.2) is 31.2 Å². The van der Waals surface area contributed by atoms with Gasteiger partial charge in [-0.2, -0.15) is 0 Å². The Labute approximate surface area is 105 Å². The number of ether oxygens (including phenoxy) is 3. The van der Waals surface area contributed by atoms with E-state index < -0.39 is 0 Å². The first kappa shape index (κ1) is 13.3. The average Bonchev–Trinajstić information content (AvgIpc) is 2.23. The van der Waals surface area contributed by atoms with Gasteiger partial charge in [-0.1, -0.05) is 6.92 Å². The van der Waals surface area contributed by atoms with E-state index in [2.05, 4.69) is 13.8 Å². The monoisotopic (exact) mass is 242 g/mol. The van der Waals surface area contributed by atoms with E-state index in [-0.39, 0.29) is 11.2 Å². The minimum absolute atomic E-state index is 0.0110. The maximum Gasteiger partial charge on any atom is 0.147 e. The predicted molar refractivity (Wildman–Crippen MR) is 67.0 cm³/mol. The van der Waals surface area contributed by atoms with Crippen molar-refractivity contribution >= 4 is 0 Å². The van der Waals surface area contributed by atoms with Crippen LogP contribution in [0.3, 0.4) is 0 Å². The Kier molecular flexibility index (Phi) is 4.45. The van der Waals surface area contributed by atoms with Crippen LogP contribution in [0.4, 0.5) is 0 Å². The quantitative estimate of drug-likeness (QED) is 0.483. The van der Waals surface area contributed by atoms with Crippen LogP contribution in [0, 0.1) is 0 Å². The predicted octanol–water partition coefficient (Wildman–Crippen LogP) is 3.27. The largest absolute Gasteiger partial charge is 0.373 e. The highest BCUT2D eigenvalue weighted by Gasteiger charge is 2.39. The lowest BCUT2D eigenvalue weighted by Crippen LogP contribution is -2.45. The summed E-state index contributed by atoms with van der Waals surface area (Å²) in [5, 5.41) is 0. The molecular formula is C14H26O3. The summed E-state index contributed by atoms with van der Waals surface area (Å²) in [4.78, 5) is 0. The standard InChI is InChI=1S/C14H26O3/c1-3-13(7-5-8-13)17-12-15-11-14(16-4-2)9-6-10-14/h3-12H2,1-2H3. The minimum Gasteiger partial charge on any atom is -0.373 e. The number of hydrogen-bond donors (Lipinski definition) is 0. The highest BCUT2D eigenvalue weighted by Crippen LogP contribution is 2.39. The van der Waals surface area contributed by atoms with E-state index in [4.69, 9.17) is 14.2 Å². The van der Waals surface area contributed by atoms with Crippen molar-refractivity contribution in [1.82, 2.24) is 0 Å². The van der Waals surface area contributed by atoms with E-state index in [1.165, 1.54) is 25.7 Å². The molecule has 3 heteroatoms. The first-order chi connectivity index (χ1) is 8.24. The van der Waals surface area contributed by atoms with Crippen molar-refractivity contribution in [3.8, 4) is 0 Å². The van der Waals surface area contributed by atoms with Gasteiger partial charge in [0.2, 0.25) is 0 Å². The summed E-state index contributed by atoms with van der Waals surface area (Å²) in [6.45, 7) is 6.16. The van der Waals surface area contributed by atoms with Crippen LogP contribution in [0.15, 0.2) is 0 Å². The molecule has 0 aromatic rings. The van der Waals surface area contributed by atoms with Crippen molar-refractivity contribution in [3.05, 3.63) is 0 Å². The van der Waals surface area contributed by atoms with Crippen molar-refractivity contribution in [2.24, 2.45) is 0 Å². The maximum atomic E-state index is 5.88. The summed E-state index contributed by atoms with van der Waals surface area (Å²) in [5.74, 6) is 0. The van der Waals surface area contributed by atoms with Gasteiger partial charge in [-0.05, 0) is 51.9 Å². The molecule has 0 radical (unpaired) electrons. The second-order valence-electron chi connectivity index (χ2n) is 5.47. The molecule has 2 aliphatic rings. The van der Waals surface area contributed by atoms with Crippen LogP contribution in [0.25, 0.3) is 0 Å². The second-order valence-corrected chi connectivity index (χ2v) is 5.47. The third-order valence-corrected chi connectivity index (χ3v) is 4.44. The highest BCUT2D eigenvalue weighted by atomic mass is 16.7. The zero-order chi connectivity index (χ0) is 12.2. The van der Waals surface area contributed by atoms with Crippen molar-refractivity contribution < 1.29 is 14.2 Å². The molecule has 2 aliphatic carbocycles. The summed E-state index contributed by atoms with van der Waals surface area (Å²) in [6.07, 6.45) is 8.35. The third-order valence-electron chi connectivity index (χ3n) is 4.44. The maximum absolute atomic E-state index is 5.88. The Morgan fingerprint density at radius 3 is 1.94 bits per heavy atom. The molecule has 0 aromatic heterocycles. The third kappa shape index (κ3) is 3.01. The first-order valence-electron chi connectivity index (χ1n) is 7.10. The number of rotatable bonds is 8. The summed E-state index contributed by atoms with van der Waals surface area (Å²) >= 11 is 0. The van der Waals surface area contributed by atoms with Gasteiger partial charge in [0.25, 0.3) is 0 Å². The Hall–Kier alpha value is -0.120. The van der Waals surface area contributed by atoms with E-state index in [0.29, 0.717) is 13.4 Å². The van der Waals surface area contributed by atoms with E-state index in [1.54, 1.807) is 0 Å². The van der Waals surface area contributed by atoms with Gasteiger partial charge in [0, 0.05) is 6.61 Å². The van der Waals surface area contributed by atoms with Crippen LogP contribution in [0.1, 0.15) is 58.8 Å². The van der Waals surface area contributed by atoms with Gasteiger partial charge in [-0.25, -0.2) is 0 Å². The number of hydrogen-bond acceptors (Lipinski definition) is 3. The molecule has 17 heavy (non-hydrogen) atoms. The Bertz CT molecular complexity index is 226. The SMILES string of the molecule is CCOC1(COCOC2(CC)CCC2)CCC1. The van der Waals surface area contributed by atoms with Gasteiger partial charge in [0.15, 0.2) is 0 Å². The second kappa shape index (κ2) is 5.68. The van der Waals surface area contributed by atoms with E-state index in [0.717, 1.165) is 25.9 Å². The molecule has 0 spiro atoms. The Balaban J connectivity index is 1.62. The van der Waals surface area contributed by atoms with E-state index in [1.807, 2.05) is 0 Å². The molecule has 0 bridgehead atoms. The fourth-order valence-electron chi connectivity index (χ4n) is 2.77. The highest BCUT2D eigenvalue weighted by molar-refractivity contribution is 4.90. The molecule has 100 valence electrons. The summed E-state index contributed by atoms with van der Waals surface area (Å²) in [7, 11) is 0. The van der Waals surface area contributed by atoms with Crippen molar-refractivity contribution in [3.63, 3.8) is 0 Å². The smallest absolute Gasteiger partial charge is 0.147 e. The molecule has 0 amide bonds. The van der Waals surface area contributed by atoms with Crippen LogP contribution >= 0.6 is 0 Å². The van der Waals surface area contributed by atoms with Crippen LogP contribution in [0.2, 0.25) is 0 Å². The van der Waals surface area contributed by atoms with Crippen molar-refractivity contribution in [1.29, 1.82) is 0 Å². The fraction of sp³-hybridized carbons (Fsp3) is 1.00. The lowest BCUT2D eigenvalue weighted by molar-refractivity contribution is -0.209. The Morgan fingerprint density at radius 2 is 1.53 bits per heavy atom. The van der Waals surface area contributed by atoms with Gasteiger partial charge in [0.05, 0.1) is 17.8 Å². The lowest BCUT2D eigenvalue weighted by atomic mass is 9.78. The van der Waals surface area contributed by atoms with Gasteiger partial charge in [0.1, 0.15) is 6.79 Å². The lowest BCUT2D eigenvalue weighted by Gasteiger charge is -2.43. The molecule has 0 aromatic carbocycles. The molecule has 0 N–H and O–H groups in total. The minimum atomic E-state index is 0.0110. The molecule has 0 atom stereocenters. The first-order valence-corrected chi connectivity index (χ1v) is 7.10. The molecule has 0 aliphatic heterocycles. The average molecular weight is 242 g/mol. The van der Waals surface area contributed by atoms with Gasteiger partial charge in [-0.15, -0.1) is 0 Å². The van der Waals surface area contributed by atoms with Crippen LogP contribution < -0.4 is 0 Å². The van der Waals surface area contributed by atoms with Gasteiger partial charge >= 0.3 is 0 Å². The molecule has 0 heterocycles. The fourth-order valence-corrected chi connectivity index (χ4v) is 2.77. The Morgan fingerprint density at radius 1 is 0.882 bits per heavy atom. The molecule has 2 saturated carbocycles. The molecule has 2 rings (SSSR count). The molecule has 2 fully saturated rings. The van der Waals surface area contributed by atoms with E-state index >= 15 is 0 Å². The normalized spacial score (nSPS) is 25.1. The van der Waals surface area contributed by atoms with Crippen LogP contribution in [-0.2, 0) is 14.2 Å².